The number of nitrogens with one attached hydrogen (secondary N) is 1. The minimum atomic E-state index is 0.570. The van der Waals surface area contributed by atoms with Crippen molar-refractivity contribution in [3.63, 3.8) is 0 Å². The lowest BCUT2D eigenvalue weighted by Gasteiger charge is -2.34. The largest absolute Gasteiger partial charge is 0.444 e. The van der Waals surface area contributed by atoms with E-state index < -0.39 is 0 Å². The van der Waals surface area contributed by atoms with Crippen LogP contribution in [-0.4, -0.2) is 34.0 Å². The molecule has 0 fully saturated rings. The topological polar surface area (TPSA) is 45.1 Å². The molecule has 0 saturated carbocycles. The van der Waals surface area contributed by atoms with Gasteiger partial charge in [0.05, 0.1) is 6.20 Å². The minimum absolute atomic E-state index is 0.570. The predicted octanol–water partition coefficient (Wildman–Crippen LogP) is 4.41. The van der Waals surface area contributed by atoms with Crippen molar-refractivity contribution in [1.29, 1.82) is 0 Å². The van der Waals surface area contributed by atoms with Crippen LogP contribution in [0, 0.1) is 0 Å². The maximum absolute atomic E-state index is 5.61. The molecule has 1 aliphatic carbocycles. The highest BCUT2D eigenvalue weighted by atomic mass is 16.3. The quantitative estimate of drug-likeness (QED) is 0.730. The van der Waals surface area contributed by atoms with Crippen molar-refractivity contribution in [2.75, 3.05) is 13.1 Å². The lowest BCUT2D eigenvalue weighted by molar-refractivity contribution is 0.192. The summed E-state index contributed by atoms with van der Waals surface area (Å²) in [5.41, 5.74) is 5.28. The average molecular weight is 323 g/mol. The summed E-state index contributed by atoms with van der Waals surface area (Å²) in [6.45, 7) is 6.89. The van der Waals surface area contributed by atoms with Crippen LogP contribution in [0.1, 0.15) is 37.8 Å². The van der Waals surface area contributed by atoms with Gasteiger partial charge in [0, 0.05) is 28.7 Å². The molecular weight excluding hydrogens is 298 g/mol. The number of hydrogen-bond donors (Lipinski definition) is 1. The van der Waals surface area contributed by atoms with Gasteiger partial charge in [-0.2, -0.15) is 0 Å². The fourth-order valence-corrected chi connectivity index (χ4v) is 4.20. The number of oxazole rings is 1. The Balaban J connectivity index is 1.78. The van der Waals surface area contributed by atoms with Crippen LogP contribution in [0.3, 0.4) is 0 Å². The van der Waals surface area contributed by atoms with Crippen molar-refractivity contribution in [2.24, 2.45) is 0 Å². The number of nitrogens with zero attached hydrogens (tertiary/aromatic N) is 2. The van der Waals surface area contributed by atoms with E-state index in [1.54, 1.807) is 0 Å². The first-order valence-corrected chi connectivity index (χ1v) is 9.06. The summed E-state index contributed by atoms with van der Waals surface area (Å²) in [6, 6.07) is 4.90. The van der Waals surface area contributed by atoms with E-state index in [4.69, 9.17) is 4.42 Å². The first-order valence-electron chi connectivity index (χ1n) is 9.06. The summed E-state index contributed by atoms with van der Waals surface area (Å²) in [7, 11) is 0. The summed E-state index contributed by atoms with van der Waals surface area (Å²) >= 11 is 0. The summed E-state index contributed by atoms with van der Waals surface area (Å²) in [6.07, 6.45) is 10.2. The predicted molar refractivity (Wildman–Crippen MR) is 97.1 cm³/mol. The van der Waals surface area contributed by atoms with E-state index in [1.807, 2.05) is 6.20 Å². The molecule has 2 aromatic heterocycles. The van der Waals surface area contributed by atoms with Gasteiger partial charge in [0.1, 0.15) is 0 Å². The first kappa shape index (κ1) is 15.5. The van der Waals surface area contributed by atoms with E-state index in [1.165, 1.54) is 59.9 Å². The maximum Gasteiger partial charge on any atom is 0.181 e. The van der Waals surface area contributed by atoms with Gasteiger partial charge in [0.15, 0.2) is 12.2 Å². The van der Waals surface area contributed by atoms with Gasteiger partial charge in [-0.3, -0.25) is 4.90 Å². The Morgan fingerprint density at radius 2 is 2.04 bits per heavy atom. The van der Waals surface area contributed by atoms with Crippen LogP contribution in [-0.2, 0) is 12.8 Å². The zero-order valence-corrected chi connectivity index (χ0v) is 14.5. The molecule has 4 rings (SSSR count). The number of aromatic amines is 1. The second kappa shape index (κ2) is 6.44. The first-order chi connectivity index (χ1) is 11.8. The Morgan fingerprint density at radius 1 is 1.21 bits per heavy atom. The fourth-order valence-electron chi connectivity index (χ4n) is 4.20. The molecule has 4 nitrogen and oxygen atoms in total. The summed E-state index contributed by atoms with van der Waals surface area (Å²) in [5, 5.41) is 1.40. The minimum Gasteiger partial charge on any atom is -0.444 e. The van der Waals surface area contributed by atoms with Gasteiger partial charge in [0.25, 0.3) is 0 Å². The lowest BCUT2D eigenvalue weighted by Crippen LogP contribution is -2.41. The number of H-pyrrole nitrogens is 1. The maximum atomic E-state index is 5.61. The molecule has 0 aliphatic heterocycles. The van der Waals surface area contributed by atoms with Crippen molar-refractivity contribution >= 4 is 10.9 Å². The molecule has 0 unspecified atom stereocenters. The van der Waals surface area contributed by atoms with Crippen molar-refractivity contribution in [2.45, 2.75) is 45.6 Å². The highest BCUT2D eigenvalue weighted by Crippen LogP contribution is 2.37. The van der Waals surface area contributed by atoms with Gasteiger partial charge in [-0.15, -0.1) is 0 Å². The Hall–Kier alpha value is -2.07. The van der Waals surface area contributed by atoms with Crippen molar-refractivity contribution in [3.8, 4) is 11.3 Å². The molecule has 1 aromatic carbocycles. The number of aromatic nitrogens is 2. The Bertz CT molecular complexity index is 813. The van der Waals surface area contributed by atoms with Gasteiger partial charge >= 0.3 is 0 Å². The fraction of sp³-hybridized carbons (Fsp3) is 0.450. The van der Waals surface area contributed by atoms with E-state index in [9.17, 15) is 0 Å². The Morgan fingerprint density at radius 3 is 2.75 bits per heavy atom. The number of rotatable bonds is 6. The Kier molecular flexibility index (Phi) is 4.15. The van der Waals surface area contributed by atoms with Gasteiger partial charge in [-0.25, -0.2) is 4.98 Å². The molecule has 2 heterocycles. The Labute approximate surface area is 142 Å². The van der Waals surface area contributed by atoms with E-state index in [2.05, 4.69) is 47.0 Å². The molecule has 0 amide bonds. The third-order valence-electron chi connectivity index (χ3n) is 5.17. The molecule has 4 heteroatoms. The summed E-state index contributed by atoms with van der Waals surface area (Å²) < 4.78 is 5.61. The van der Waals surface area contributed by atoms with E-state index in [0.29, 0.717) is 6.04 Å². The van der Waals surface area contributed by atoms with E-state index in [-0.39, 0.29) is 0 Å². The highest BCUT2D eigenvalue weighted by molar-refractivity contribution is 5.92. The zero-order valence-electron chi connectivity index (χ0n) is 14.5. The second-order valence-corrected chi connectivity index (χ2v) is 6.79. The molecule has 126 valence electrons. The third-order valence-corrected chi connectivity index (χ3v) is 5.17. The molecule has 1 atom stereocenters. The lowest BCUT2D eigenvalue weighted by atomic mass is 9.85. The van der Waals surface area contributed by atoms with Crippen molar-refractivity contribution < 1.29 is 4.42 Å². The van der Waals surface area contributed by atoms with Crippen LogP contribution in [0.15, 0.2) is 35.3 Å². The van der Waals surface area contributed by atoms with Gasteiger partial charge in [-0.05, 0) is 62.0 Å². The average Bonchev–Trinajstić information content (AvgIpc) is 3.26. The van der Waals surface area contributed by atoms with Crippen LogP contribution >= 0.6 is 0 Å². The van der Waals surface area contributed by atoms with Gasteiger partial charge < -0.3 is 9.40 Å². The number of benzene rings is 1. The molecule has 0 saturated heterocycles. The van der Waals surface area contributed by atoms with Crippen molar-refractivity contribution in [1.82, 2.24) is 14.9 Å². The number of hydrogen-bond acceptors (Lipinski definition) is 3. The smallest absolute Gasteiger partial charge is 0.181 e. The van der Waals surface area contributed by atoms with Crippen LogP contribution in [0.2, 0.25) is 0 Å². The molecule has 0 spiro atoms. The highest BCUT2D eigenvalue weighted by Gasteiger charge is 2.28. The van der Waals surface area contributed by atoms with Crippen LogP contribution in [0.4, 0.5) is 0 Å². The van der Waals surface area contributed by atoms with Crippen molar-refractivity contribution in [3.05, 3.63) is 42.0 Å². The van der Waals surface area contributed by atoms with E-state index >= 15 is 0 Å². The molecule has 0 bridgehead atoms. The molecular formula is C20H25N3O. The van der Waals surface area contributed by atoms with Crippen LogP contribution in [0.25, 0.3) is 22.2 Å². The molecule has 1 N–H and O–H groups in total. The SMILES string of the molecule is CCCN(CCC)[C@@H]1Cc2c[nH]c3ccc(-c4cnco4)c(c23)C1. The monoisotopic (exact) mass is 323 g/mol. The third kappa shape index (κ3) is 2.55. The molecule has 1 aliphatic rings. The summed E-state index contributed by atoms with van der Waals surface area (Å²) in [4.78, 5) is 10.2. The van der Waals surface area contributed by atoms with Crippen LogP contribution in [0.5, 0.6) is 0 Å². The summed E-state index contributed by atoms with van der Waals surface area (Å²) in [5.74, 6) is 0.872. The second-order valence-electron chi connectivity index (χ2n) is 6.79. The standard InChI is InChI=1S/C20H25N3O/c1-3-7-23(8-4-2)15-9-14-11-22-18-6-5-16(17(10-15)20(14)18)19-12-21-13-24-19/h5-6,11-13,15,22H,3-4,7-10H2,1-2H3/t15-/m1/s1. The van der Waals surface area contributed by atoms with Crippen LogP contribution < -0.4 is 0 Å². The normalized spacial score (nSPS) is 17.0. The molecule has 3 aromatic rings. The van der Waals surface area contributed by atoms with Gasteiger partial charge in [-0.1, -0.05) is 13.8 Å². The van der Waals surface area contributed by atoms with Gasteiger partial charge in [0.2, 0.25) is 0 Å². The van der Waals surface area contributed by atoms with E-state index in [0.717, 1.165) is 18.6 Å². The zero-order chi connectivity index (χ0) is 16.5. The molecule has 0 radical (unpaired) electrons. The molecule has 24 heavy (non-hydrogen) atoms.